The van der Waals surface area contributed by atoms with Crippen molar-refractivity contribution in [2.24, 2.45) is 0 Å². The van der Waals surface area contributed by atoms with Gasteiger partial charge in [0, 0.05) is 11.7 Å². The molecule has 0 aromatic rings. The highest BCUT2D eigenvalue weighted by molar-refractivity contribution is 8.00. The Labute approximate surface area is 154 Å². The maximum absolute atomic E-state index is 13.4. The van der Waals surface area contributed by atoms with Gasteiger partial charge in [0.15, 0.2) is 0 Å². The van der Waals surface area contributed by atoms with Crippen LogP contribution in [-0.2, 0) is 4.74 Å². The van der Waals surface area contributed by atoms with E-state index in [-0.39, 0.29) is 11.9 Å². The lowest BCUT2D eigenvalue weighted by molar-refractivity contribution is -0.440. The van der Waals surface area contributed by atoms with Crippen molar-refractivity contribution in [1.82, 2.24) is 0 Å². The molecule has 1 aliphatic heterocycles. The van der Waals surface area contributed by atoms with Crippen molar-refractivity contribution in [2.45, 2.75) is 60.3 Å². The lowest BCUT2D eigenvalue weighted by Gasteiger charge is -2.39. The van der Waals surface area contributed by atoms with Crippen LogP contribution in [0.4, 0.5) is 57.1 Å². The second-order valence-electron chi connectivity index (χ2n) is 5.96. The highest BCUT2D eigenvalue weighted by Gasteiger charge is 2.90. The lowest BCUT2D eigenvalue weighted by atomic mass is 9.93. The van der Waals surface area contributed by atoms with Gasteiger partial charge in [0.1, 0.15) is 0 Å². The van der Waals surface area contributed by atoms with E-state index in [4.69, 9.17) is 0 Å². The molecule has 1 atom stereocenters. The molecule has 0 saturated carbocycles. The zero-order valence-corrected chi connectivity index (χ0v) is 14.4. The first kappa shape index (κ1) is 25.4. The highest BCUT2D eigenvalue weighted by atomic mass is 32.2. The Kier molecular flexibility index (Phi) is 7.19. The average Bonchev–Trinajstić information content (AvgIpc) is 3.03. The van der Waals surface area contributed by atoms with Crippen molar-refractivity contribution in [3.8, 4) is 0 Å². The van der Waals surface area contributed by atoms with Gasteiger partial charge >= 0.3 is 35.8 Å². The van der Waals surface area contributed by atoms with E-state index in [1.807, 2.05) is 0 Å². The number of hydrogen-bond acceptors (Lipinski definition) is 2. The molecular weight excluding hydrogens is 451 g/mol. The first-order valence-corrected chi connectivity index (χ1v) is 8.53. The van der Waals surface area contributed by atoms with E-state index in [0.717, 1.165) is 6.42 Å². The second-order valence-corrected chi connectivity index (χ2v) is 7.37. The van der Waals surface area contributed by atoms with Gasteiger partial charge < -0.3 is 4.74 Å². The predicted molar refractivity (Wildman–Crippen MR) is 71.7 cm³/mol. The van der Waals surface area contributed by atoms with E-state index >= 15 is 0 Å². The van der Waals surface area contributed by atoms with Gasteiger partial charge in [0.2, 0.25) is 0 Å². The van der Waals surface area contributed by atoms with Gasteiger partial charge in [-0.1, -0.05) is 0 Å². The average molecular weight is 464 g/mol. The van der Waals surface area contributed by atoms with Crippen LogP contribution in [0.25, 0.3) is 0 Å². The summed E-state index contributed by atoms with van der Waals surface area (Å²) in [4.78, 5) is 0. The van der Waals surface area contributed by atoms with Gasteiger partial charge in [-0.2, -0.15) is 68.8 Å². The third-order valence-corrected chi connectivity index (χ3v) is 5.25. The smallest absolute Gasteiger partial charge is 0.380 e. The molecule has 15 heteroatoms. The van der Waals surface area contributed by atoms with Crippen molar-refractivity contribution in [1.29, 1.82) is 0 Å². The quantitative estimate of drug-likeness (QED) is 0.305. The fourth-order valence-electron chi connectivity index (χ4n) is 2.15. The molecule has 168 valence electrons. The van der Waals surface area contributed by atoms with E-state index in [9.17, 15) is 57.1 Å². The summed E-state index contributed by atoms with van der Waals surface area (Å²) in [7, 11) is 0. The number of halogens is 13. The molecular formula is C13H13F13OS. The number of ether oxygens (including phenoxy) is 1. The fourth-order valence-corrected chi connectivity index (χ4v) is 3.34. The molecule has 0 radical (unpaired) electrons. The molecule has 1 unspecified atom stereocenters. The van der Waals surface area contributed by atoms with Crippen molar-refractivity contribution >= 4 is 11.8 Å². The Morgan fingerprint density at radius 1 is 0.714 bits per heavy atom. The Morgan fingerprint density at radius 3 is 1.64 bits per heavy atom. The Morgan fingerprint density at radius 2 is 1.21 bits per heavy atom. The first-order chi connectivity index (χ1) is 12.3. The number of thioether (sulfide) groups is 1. The van der Waals surface area contributed by atoms with Crippen LogP contribution in [0.3, 0.4) is 0 Å². The van der Waals surface area contributed by atoms with Gasteiger partial charge in [-0.15, -0.1) is 0 Å². The molecule has 1 saturated heterocycles. The van der Waals surface area contributed by atoms with Gasteiger partial charge in [0.05, 0.1) is 13.2 Å². The third kappa shape index (κ3) is 4.29. The minimum atomic E-state index is -7.85. The van der Waals surface area contributed by atoms with Crippen molar-refractivity contribution in [2.75, 3.05) is 19.0 Å². The summed E-state index contributed by atoms with van der Waals surface area (Å²) in [6.07, 6.45) is -8.36. The van der Waals surface area contributed by atoms with Crippen molar-refractivity contribution in [3.05, 3.63) is 0 Å². The summed E-state index contributed by atoms with van der Waals surface area (Å²) in [5, 5.41) is -0.189. The molecule has 0 aromatic carbocycles. The molecule has 1 rings (SSSR count). The van der Waals surface area contributed by atoms with Crippen LogP contribution in [0, 0.1) is 0 Å². The standard InChI is InChI=1S/C13H13F13OS/c14-8(15,3-4-27-6-7-2-1-5-28-7)9(16,17)10(18,19)11(20,21)12(22,23)13(24,25)26/h7H,1-6H2. The number of hydrogen-bond donors (Lipinski definition) is 0. The third-order valence-electron chi connectivity index (χ3n) is 3.89. The summed E-state index contributed by atoms with van der Waals surface area (Å²) in [6, 6.07) is 0. The number of rotatable bonds is 9. The summed E-state index contributed by atoms with van der Waals surface area (Å²) in [5.74, 6) is -35.9. The Bertz CT molecular complexity index is 525. The SMILES string of the molecule is FC(F)(F)C(F)(F)C(F)(F)C(F)(F)C(F)(F)C(F)(F)CCOCC1CCCS1. The highest BCUT2D eigenvalue weighted by Crippen LogP contribution is 2.60. The summed E-state index contributed by atoms with van der Waals surface area (Å²) in [6.45, 7) is -1.58. The van der Waals surface area contributed by atoms with Gasteiger partial charge in [0.25, 0.3) is 0 Å². The van der Waals surface area contributed by atoms with E-state index in [1.54, 1.807) is 0 Å². The molecule has 1 heterocycles. The molecule has 0 N–H and O–H groups in total. The zero-order chi connectivity index (χ0) is 22.2. The topological polar surface area (TPSA) is 9.23 Å². The fraction of sp³-hybridized carbons (Fsp3) is 1.00. The molecule has 28 heavy (non-hydrogen) atoms. The largest absolute Gasteiger partial charge is 0.460 e. The van der Waals surface area contributed by atoms with Crippen LogP contribution < -0.4 is 0 Å². The molecule has 0 spiro atoms. The minimum Gasteiger partial charge on any atom is -0.380 e. The monoisotopic (exact) mass is 464 g/mol. The van der Waals surface area contributed by atoms with Crippen LogP contribution in [0.5, 0.6) is 0 Å². The molecule has 1 aliphatic rings. The second kappa shape index (κ2) is 7.91. The van der Waals surface area contributed by atoms with E-state index < -0.39 is 48.8 Å². The minimum absolute atomic E-state index is 0.189. The Balaban J connectivity index is 2.95. The molecule has 0 aromatic heterocycles. The van der Waals surface area contributed by atoms with Crippen molar-refractivity contribution in [3.63, 3.8) is 0 Å². The van der Waals surface area contributed by atoms with Gasteiger partial charge in [-0.25, -0.2) is 0 Å². The van der Waals surface area contributed by atoms with Crippen molar-refractivity contribution < 1.29 is 61.8 Å². The maximum atomic E-state index is 13.4. The normalized spacial score (nSPS) is 20.7. The van der Waals surface area contributed by atoms with Crippen LogP contribution >= 0.6 is 11.8 Å². The predicted octanol–water partition coefficient (Wildman–Crippen LogP) is 6.03. The summed E-state index contributed by atoms with van der Waals surface area (Å²) < 4.78 is 172. The molecule has 1 fully saturated rings. The lowest BCUT2D eigenvalue weighted by Crippen LogP contribution is -2.70. The number of alkyl halides is 13. The van der Waals surface area contributed by atoms with Gasteiger partial charge in [-0.3, -0.25) is 0 Å². The molecule has 0 amide bonds. The summed E-state index contributed by atoms with van der Waals surface area (Å²) in [5.41, 5.74) is 0. The molecule has 0 bridgehead atoms. The van der Waals surface area contributed by atoms with Crippen LogP contribution in [-0.4, -0.2) is 60.0 Å². The zero-order valence-electron chi connectivity index (χ0n) is 13.6. The van der Waals surface area contributed by atoms with Crippen LogP contribution in [0.2, 0.25) is 0 Å². The van der Waals surface area contributed by atoms with Crippen LogP contribution in [0.15, 0.2) is 0 Å². The van der Waals surface area contributed by atoms with E-state index in [0.29, 0.717) is 12.2 Å². The maximum Gasteiger partial charge on any atom is 0.460 e. The first-order valence-electron chi connectivity index (χ1n) is 7.48. The van der Waals surface area contributed by atoms with Gasteiger partial charge in [-0.05, 0) is 18.6 Å². The molecule has 1 nitrogen and oxygen atoms in total. The van der Waals surface area contributed by atoms with E-state index in [2.05, 4.69) is 4.74 Å². The molecule has 0 aliphatic carbocycles. The Hall–Kier alpha value is -0.600. The van der Waals surface area contributed by atoms with Crippen LogP contribution in [0.1, 0.15) is 19.3 Å². The van der Waals surface area contributed by atoms with E-state index in [1.165, 1.54) is 11.8 Å². The summed E-state index contributed by atoms with van der Waals surface area (Å²) >= 11 is 1.35.